The molecule has 132 valence electrons. The minimum absolute atomic E-state index is 0.0723. The maximum Gasteiger partial charge on any atom is 0.351 e. The summed E-state index contributed by atoms with van der Waals surface area (Å²) in [5, 5.41) is 0. The summed E-state index contributed by atoms with van der Waals surface area (Å²) in [7, 11) is 0. The zero-order chi connectivity index (χ0) is 18.1. The molecule has 0 N–H and O–H groups in total. The third kappa shape index (κ3) is 2.99. The minimum Gasteiger partial charge on any atom is -0.485 e. The Hall–Kier alpha value is -3.35. The molecule has 0 saturated carbocycles. The van der Waals surface area contributed by atoms with Gasteiger partial charge in [-0.1, -0.05) is 18.2 Å². The first-order valence-corrected chi connectivity index (χ1v) is 8.15. The van der Waals surface area contributed by atoms with E-state index in [4.69, 9.17) is 14.2 Å². The number of carbonyl (C=O) groups is 1. The average molecular weight is 352 g/mol. The lowest BCUT2D eigenvalue weighted by Gasteiger charge is -2.24. The Morgan fingerprint density at radius 1 is 1.23 bits per heavy atom. The third-order valence-corrected chi connectivity index (χ3v) is 4.07. The SMILES string of the molecule is Cc1cccc2nc(COC(=O)[C@@H]3COc4ccccc4O3)cc(=O)n12. The Labute approximate surface area is 148 Å². The number of hydrogen-bond donors (Lipinski definition) is 0. The van der Waals surface area contributed by atoms with Gasteiger partial charge in [0.1, 0.15) is 18.9 Å². The molecule has 0 saturated heterocycles. The van der Waals surface area contributed by atoms with Crippen LogP contribution in [0.15, 0.2) is 53.3 Å². The first kappa shape index (κ1) is 16.1. The van der Waals surface area contributed by atoms with Gasteiger partial charge >= 0.3 is 5.97 Å². The van der Waals surface area contributed by atoms with E-state index in [1.54, 1.807) is 24.3 Å². The van der Waals surface area contributed by atoms with Crippen LogP contribution < -0.4 is 15.0 Å². The van der Waals surface area contributed by atoms with Gasteiger partial charge in [0.25, 0.3) is 5.56 Å². The highest BCUT2D eigenvalue weighted by Gasteiger charge is 2.28. The highest BCUT2D eigenvalue weighted by atomic mass is 16.6. The molecule has 0 bridgehead atoms. The number of carbonyl (C=O) groups excluding carboxylic acids is 1. The predicted molar refractivity (Wildman–Crippen MR) is 92.3 cm³/mol. The molecule has 0 aliphatic carbocycles. The third-order valence-electron chi connectivity index (χ3n) is 4.07. The van der Waals surface area contributed by atoms with Crippen LogP contribution in [0.5, 0.6) is 11.5 Å². The summed E-state index contributed by atoms with van der Waals surface area (Å²) in [5.74, 6) is 0.528. The summed E-state index contributed by atoms with van der Waals surface area (Å²) in [5.41, 5.74) is 1.46. The lowest BCUT2D eigenvalue weighted by atomic mass is 10.2. The number of nitrogens with zero attached hydrogens (tertiary/aromatic N) is 2. The van der Waals surface area contributed by atoms with Crippen LogP contribution in [0.3, 0.4) is 0 Å². The second-order valence-electron chi connectivity index (χ2n) is 5.92. The van der Waals surface area contributed by atoms with Gasteiger partial charge < -0.3 is 14.2 Å². The zero-order valence-electron chi connectivity index (χ0n) is 14.0. The smallest absolute Gasteiger partial charge is 0.351 e. The summed E-state index contributed by atoms with van der Waals surface area (Å²) in [4.78, 5) is 28.9. The van der Waals surface area contributed by atoms with Crippen molar-refractivity contribution < 1.29 is 19.0 Å². The summed E-state index contributed by atoms with van der Waals surface area (Å²) < 4.78 is 17.9. The van der Waals surface area contributed by atoms with E-state index in [9.17, 15) is 9.59 Å². The van der Waals surface area contributed by atoms with E-state index in [1.165, 1.54) is 10.5 Å². The van der Waals surface area contributed by atoms with Crippen molar-refractivity contribution in [3.63, 3.8) is 0 Å². The van der Waals surface area contributed by atoms with Crippen molar-refractivity contribution >= 4 is 11.6 Å². The van der Waals surface area contributed by atoms with Crippen molar-refractivity contribution in [1.82, 2.24) is 9.38 Å². The number of aromatic nitrogens is 2. The molecule has 0 spiro atoms. The zero-order valence-corrected chi connectivity index (χ0v) is 14.0. The van der Waals surface area contributed by atoms with Crippen molar-refractivity contribution in [1.29, 1.82) is 0 Å². The van der Waals surface area contributed by atoms with Gasteiger partial charge in [0, 0.05) is 11.8 Å². The van der Waals surface area contributed by atoms with E-state index in [1.807, 2.05) is 25.1 Å². The molecular weight excluding hydrogens is 336 g/mol. The normalized spacial score (nSPS) is 15.7. The van der Waals surface area contributed by atoms with Crippen molar-refractivity contribution in [3.05, 3.63) is 70.3 Å². The highest BCUT2D eigenvalue weighted by molar-refractivity contribution is 5.76. The monoisotopic (exact) mass is 352 g/mol. The second kappa shape index (κ2) is 6.51. The van der Waals surface area contributed by atoms with Gasteiger partial charge in [-0.15, -0.1) is 0 Å². The number of fused-ring (bicyclic) bond motifs is 2. The van der Waals surface area contributed by atoms with Crippen molar-refractivity contribution in [2.45, 2.75) is 19.6 Å². The Morgan fingerprint density at radius 3 is 2.88 bits per heavy atom. The Balaban J connectivity index is 1.47. The fraction of sp³-hybridized carbons (Fsp3) is 0.211. The fourth-order valence-corrected chi connectivity index (χ4v) is 2.81. The number of benzene rings is 1. The number of para-hydroxylation sites is 2. The minimum atomic E-state index is -0.853. The van der Waals surface area contributed by atoms with Crippen molar-refractivity contribution in [2.75, 3.05) is 6.61 Å². The topological polar surface area (TPSA) is 79.1 Å². The molecule has 1 aliphatic rings. The van der Waals surface area contributed by atoms with E-state index in [0.29, 0.717) is 22.8 Å². The molecule has 3 aromatic rings. The van der Waals surface area contributed by atoms with Crippen LogP contribution in [0.2, 0.25) is 0 Å². The first-order chi connectivity index (χ1) is 12.6. The molecule has 0 radical (unpaired) electrons. The quantitative estimate of drug-likeness (QED) is 0.670. The maximum absolute atomic E-state index is 12.2. The highest BCUT2D eigenvalue weighted by Crippen LogP contribution is 2.31. The molecule has 4 rings (SSSR count). The van der Waals surface area contributed by atoms with Crippen LogP contribution in [-0.4, -0.2) is 28.1 Å². The van der Waals surface area contributed by atoms with Gasteiger partial charge in [-0.3, -0.25) is 9.20 Å². The Bertz CT molecular complexity index is 1040. The van der Waals surface area contributed by atoms with Crippen LogP contribution in [0.25, 0.3) is 5.65 Å². The van der Waals surface area contributed by atoms with E-state index < -0.39 is 12.1 Å². The van der Waals surface area contributed by atoms with Crippen molar-refractivity contribution in [3.8, 4) is 11.5 Å². The van der Waals surface area contributed by atoms with Gasteiger partial charge in [-0.05, 0) is 31.2 Å². The summed E-state index contributed by atoms with van der Waals surface area (Å²) >= 11 is 0. The first-order valence-electron chi connectivity index (χ1n) is 8.15. The molecule has 3 heterocycles. The lowest BCUT2D eigenvalue weighted by molar-refractivity contribution is -0.156. The molecule has 0 fully saturated rings. The summed E-state index contributed by atoms with van der Waals surface area (Å²) in [6.07, 6.45) is -0.853. The Kier molecular flexibility index (Phi) is 4.04. The lowest BCUT2D eigenvalue weighted by Crippen LogP contribution is -2.37. The fourth-order valence-electron chi connectivity index (χ4n) is 2.81. The molecule has 2 aromatic heterocycles. The molecule has 7 heteroatoms. The second-order valence-corrected chi connectivity index (χ2v) is 5.92. The van der Waals surface area contributed by atoms with Crippen LogP contribution >= 0.6 is 0 Å². The van der Waals surface area contributed by atoms with E-state index in [2.05, 4.69) is 4.98 Å². The number of ether oxygens (including phenoxy) is 3. The van der Waals surface area contributed by atoms with Crippen molar-refractivity contribution in [2.24, 2.45) is 0 Å². The van der Waals surface area contributed by atoms with Crippen LogP contribution in [0, 0.1) is 6.92 Å². The van der Waals surface area contributed by atoms with Gasteiger partial charge in [0.05, 0.1) is 5.69 Å². The summed E-state index contributed by atoms with van der Waals surface area (Å²) in [6, 6.07) is 13.9. The van der Waals surface area contributed by atoms with Gasteiger partial charge in [0.2, 0.25) is 6.10 Å². The molecular formula is C19H16N2O5. The molecule has 26 heavy (non-hydrogen) atoms. The Morgan fingerprint density at radius 2 is 2.04 bits per heavy atom. The number of esters is 1. The van der Waals surface area contributed by atoms with E-state index in [0.717, 1.165) is 5.69 Å². The average Bonchev–Trinajstić information content (AvgIpc) is 2.65. The molecule has 1 aliphatic heterocycles. The molecule has 0 unspecified atom stereocenters. The number of aryl methyl sites for hydroxylation is 1. The van der Waals surface area contributed by atoms with Crippen LogP contribution in [0.1, 0.15) is 11.4 Å². The van der Waals surface area contributed by atoms with E-state index in [-0.39, 0.29) is 18.8 Å². The largest absolute Gasteiger partial charge is 0.485 e. The van der Waals surface area contributed by atoms with Gasteiger partial charge in [-0.2, -0.15) is 0 Å². The van der Waals surface area contributed by atoms with Crippen LogP contribution in [0.4, 0.5) is 0 Å². The number of rotatable bonds is 3. The standard InChI is InChI=1S/C19H16N2O5/c1-12-5-4-8-17-20-13(9-18(22)21(12)17)10-25-19(23)16-11-24-14-6-2-3-7-15(14)26-16/h2-9,16H,10-11H2,1H3/t16-/m0/s1. The number of hydrogen-bond acceptors (Lipinski definition) is 6. The van der Waals surface area contributed by atoms with Gasteiger partial charge in [-0.25, -0.2) is 9.78 Å². The molecule has 1 atom stereocenters. The van der Waals surface area contributed by atoms with Gasteiger partial charge in [0.15, 0.2) is 11.5 Å². The molecule has 1 aromatic carbocycles. The van der Waals surface area contributed by atoms with Crippen LogP contribution in [-0.2, 0) is 16.1 Å². The summed E-state index contributed by atoms with van der Waals surface area (Å²) in [6.45, 7) is 1.79. The maximum atomic E-state index is 12.2. The van der Waals surface area contributed by atoms with E-state index >= 15 is 0 Å². The number of pyridine rings is 1. The predicted octanol–water partition coefficient (Wildman–Crippen LogP) is 1.89. The molecule has 0 amide bonds. The molecule has 7 nitrogen and oxygen atoms in total.